The minimum absolute atomic E-state index is 0.0643. The number of hydrogen-bond donors (Lipinski definition) is 1. The van der Waals surface area contributed by atoms with Gasteiger partial charge in [-0.25, -0.2) is 4.98 Å². The van der Waals surface area contributed by atoms with E-state index >= 15 is 0 Å². The summed E-state index contributed by atoms with van der Waals surface area (Å²) < 4.78 is 0.744. The Hall–Kier alpha value is -1.21. The summed E-state index contributed by atoms with van der Waals surface area (Å²) in [5.74, 6) is 0.832. The average molecular weight is 357 g/mol. The Morgan fingerprint density at radius 1 is 1.57 bits per heavy atom. The normalized spacial score (nSPS) is 18.8. The first-order chi connectivity index (χ1) is 10.1. The fraction of sp³-hybridized carbons (Fsp3) is 0.643. The Labute approximate surface area is 133 Å². The van der Waals surface area contributed by atoms with Crippen molar-refractivity contribution in [2.24, 2.45) is 0 Å². The molecule has 2 heterocycles. The second-order valence-electron chi connectivity index (χ2n) is 5.40. The van der Waals surface area contributed by atoms with Gasteiger partial charge in [-0.1, -0.05) is 0 Å². The van der Waals surface area contributed by atoms with E-state index in [9.17, 15) is 10.1 Å². The molecule has 0 radical (unpaired) electrons. The third-order valence-electron chi connectivity index (χ3n) is 4.04. The molecule has 21 heavy (non-hydrogen) atoms. The molecule has 0 amide bonds. The Balaban J connectivity index is 2.30. The molecule has 2 rings (SSSR count). The van der Waals surface area contributed by atoms with Gasteiger partial charge in [-0.05, 0) is 62.1 Å². The van der Waals surface area contributed by atoms with Gasteiger partial charge in [0.15, 0.2) is 0 Å². The number of aromatic nitrogens is 1. The maximum Gasteiger partial charge on any atom is 0.291 e. The number of pyridine rings is 1. The monoisotopic (exact) mass is 356 g/mol. The average Bonchev–Trinajstić information content (AvgIpc) is 2.48. The Morgan fingerprint density at radius 3 is 3.00 bits per heavy atom. The van der Waals surface area contributed by atoms with Crippen molar-refractivity contribution in [1.82, 2.24) is 10.3 Å². The van der Waals surface area contributed by atoms with Crippen molar-refractivity contribution in [2.75, 3.05) is 25.0 Å². The SMILES string of the molecule is CNCCC1CCCCN1c1ncc([N+](=O)[O-])c(C)c1Br. The van der Waals surface area contributed by atoms with E-state index in [1.165, 1.54) is 12.6 Å². The summed E-state index contributed by atoms with van der Waals surface area (Å²) in [5.41, 5.74) is 0.706. The first-order valence-corrected chi connectivity index (χ1v) is 8.06. The molecule has 1 aliphatic rings. The van der Waals surface area contributed by atoms with Crippen molar-refractivity contribution in [3.05, 3.63) is 26.3 Å². The zero-order chi connectivity index (χ0) is 15.4. The number of piperidine rings is 1. The van der Waals surface area contributed by atoms with E-state index in [1.807, 2.05) is 7.05 Å². The van der Waals surface area contributed by atoms with Crippen molar-refractivity contribution in [2.45, 2.75) is 38.6 Å². The van der Waals surface area contributed by atoms with Crippen molar-refractivity contribution in [3.63, 3.8) is 0 Å². The molecule has 1 N–H and O–H groups in total. The number of nitrogens with one attached hydrogen (secondary N) is 1. The van der Waals surface area contributed by atoms with Gasteiger partial charge in [-0.15, -0.1) is 0 Å². The van der Waals surface area contributed by atoms with E-state index in [-0.39, 0.29) is 10.6 Å². The van der Waals surface area contributed by atoms with Crippen LogP contribution in [0, 0.1) is 17.0 Å². The molecule has 0 aromatic carbocycles. The van der Waals surface area contributed by atoms with Crippen LogP contribution in [0.2, 0.25) is 0 Å². The quantitative estimate of drug-likeness (QED) is 0.648. The van der Waals surface area contributed by atoms with Crippen molar-refractivity contribution < 1.29 is 4.92 Å². The van der Waals surface area contributed by atoms with Gasteiger partial charge >= 0.3 is 0 Å². The third-order valence-corrected chi connectivity index (χ3v) is 4.99. The predicted octanol–water partition coefficient (Wildman–Crippen LogP) is 3.03. The van der Waals surface area contributed by atoms with E-state index < -0.39 is 0 Å². The molecular formula is C14H21BrN4O2. The molecule has 1 unspecified atom stereocenters. The summed E-state index contributed by atoms with van der Waals surface area (Å²) in [7, 11) is 1.96. The molecule has 1 atom stereocenters. The van der Waals surface area contributed by atoms with Gasteiger partial charge in [0.25, 0.3) is 5.69 Å². The molecular weight excluding hydrogens is 336 g/mol. The van der Waals surface area contributed by atoms with Gasteiger partial charge in [0.1, 0.15) is 12.0 Å². The highest BCUT2D eigenvalue weighted by molar-refractivity contribution is 9.10. The van der Waals surface area contributed by atoms with Crippen LogP contribution >= 0.6 is 15.9 Å². The maximum atomic E-state index is 11.0. The Bertz CT molecular complexity index is 524. The number of hydrogen-bond acceptors (Lipinski definition) is 5. The van der Waals surface area contributed by atoms with Crippen molar-refractivity contribution in [3.8, 4) is 0 Å². The molecule has 1 saturated heterocycles. The van der Waals surface area contributed by atoms with Crippen LogP contribution in [0.15, 0.2) is 10.7 Å². The van der Waals surface area contributed by atoms with E-state index in [0.717, 1.165) is 42.6 Å². The molecule has 0 spiro atoms. The molecule has 6 nitrogen and oxygen atoms in total. The van der Waals surface area contributed by atoms with Crippen LogP contribution < -0.4 is 10.2 Å². The highest BCUT2D eigenvalue weighted by Crippen LogP contribution is 2.36. The first kappa shape index (κ1) is 16.2. The van der Waals surface area contributed by atoms with Gasteiger partial charge in [-0.3, -0.25) is 10.1 Å². The fourth-order valence-electron chi connectivity index (χ4n) is 2.83. The number of nitro groups is 1. The second-order valence-corrected chi connectivity index (χ2v) is 6.19. The van der Waals surface area contributed by atoms with Crippen molar-refractivity contribution >= 4 is 27.4 Å². The van der Waals surface area contributed by atoms with Gasteiger partial charge in [-0.2, -0.15) is 0 Å². The van der Waals surface area contributed by atoms with Crippen molar-refractivity contribution in [1.29, 1.82) is 0 Å². The highest BCUT2D eigenvalue weighted by Gasteiger charge is 2.27. The van der Waals surface area contributed by atoms with Crippen LogP contribution in [0.3, 0.4) is 0 Å². The molecule has 116 valence electrons. The largest absolute Gasteiger partial charge is 0.353 e. The molecule has 0 saturated carbocycles. The van der Waals surface area contributed by atoms with E-state index in [4.69, 9.17) is 0 Å². The van der Waals surface area contributed by atoms with E-state index in [0.29, 0.717) is 11.6 Å². The van der Waals surface area contributed by atoms with Crippen LogP contribution in [-0.2, 0) is 0 Å². The minimum Gasteiger partial charge on any atom is -0.353 e. The second kappa shape index (κ2) is 7.17. The van der Waals surface area contributed by atoms with E-state index in [2.05, 4.69) is 31.1 Å². The van der Waals surface area contributed by atoms with E-state index in [1.54, 1.807) is 6.92 Å². The number of halogens is 1. The summed E-state index contributed by atoms with van der Waals surface area (Å²) in [6.45, 7) is 3.68. The Kier molecular flexibility index (Phi) is 5.52. The fourth-order valence-corrected chi connectivity index (χ4v) is 3.36. The molecule has 1 aromatic heterocycles. The summed E-state index contributed by atoms with van der Waals surface area (Å²) in [6, 6.07) is 0.441. The molecule has 1 fully saturated rings. The molecule has 0 bridgehead atoms. The highest BCUT2D eigenvalue weighted by atomic mass is 79.9. The van der Waals surface area contributed by atoms with Crippen LogP contribution in [0.1, 0.15) is 31.2 Å². The lowest BCUT2D eigenvalue weighted by Crippen LogP contribution is -2.41. The van der Waals surface area contributed by atoms with Crippen LogP contribution in [0.25, 0.3) is 0 Å². The number of rotatable bonds is 5. The lowest BCUT2D eigenvalue weighted by Gasteiger charge is -2.37. The van der Waals surface area contributed by atoms with Gasteiger partial charge in [0, 0.05) is 18.2 Å². The summed E-state index contributed by atoms with van der Waals surface area (Å²) >= 11 is 3.51. The van der Waals surface area contributed by atoms with Crippen LogP contribution in [0.5, 0.6) is 0 Å². The van der Waals surface area contributed by atoms with Gasteiger partial charge in [0.05, 0.1) is 9.40 Å². The predicted molar refractivity (Wildman–Crippen MR) is 86.9 cm³/mol. The number of anilines is 1. The molecule has 1 aliphatic heterocycles. The maximum absolute atomic E-state index is 11.0. The molecule has 1 aromatic rings. The summed E-state index contributed by atoms with van der Waals surface area (Å²) in [5, 5.41) is 14.2. The Morgan fingerprint density at radius 2 is 2.33 bits per heavy atom. The van der Waals surface area contributed by atoms with Crippen LogP contribution in [-0.4, -0.2) is 36.1 Å². The minimum atomic E-state index is -0.383. The summed E-state index contributed by atoms with van der Waals surface area (Å²) in [6.07, 6.45) is 5.94. The topological polar surface area (TPSA) is 71.3 Å². The van der Waals surface area contributed by atoms with Gasteiger partial charge in [0.2, 0.25) is 0 Å². The lowest BCUT2D eigenvalue weighted by molar-refractivity contribution is -0.385. The third kappa shape index (κ3) is 3.52. The zero-order valence-corrected chi connectivity index (χ0v) is 14.0. The smallest absolute Gasteiger partial charge is 0.291 e. The molecule has 7 heteroatoms. The lowest BCUT2D eigenvalue weighted by atomic mass is 9.99. The molecule has 0 aliphatic carbocycles. The summed E-state index contributed by atoms with van der Waals surface area (Å²) in [4.78, 5) is 17.3. The standard InChI is InChI=1S/C14H21BrN4O2/c1-10-12(19(20)21)9-17-14(13(10)15)18-8-4-3-5-11(18)6-7-16-2/h9,11,16H,3-8H2,1-2H3. The number of nitrogens with zero attached hydrogens (tertiary/aromatic N) is 3. The van der Waals surface area contributed by atoms with Gasteiger partial charge < -0.3 is 10.2 Å². The van der Waals surface area contributed by atoms with Crippen LogP contribution in [0.4, 0.5) is 11.5 Å². The zero-order valence-electron chi connectivity index (χ0n) is 12.4. The first-order valence-electron chi connectivity index (χ1n) is 7.27.